The molecule has 0 saturated carbocycles. The van der Waals surface area contributed by atoms with Gasteiger partial charge in [0.2, 0.25) is 0 Å². The minimum Gasteiger partial charge on any atom is -0.398 e. The molecule has 19 heavy (non-hydrogen) atoms. The topological polar surface area (TPSA) is 55.1 Å². The molecule has 2 rings (SSSR count). The molecule has 0 aliphatic rings. The maximum absolute atomic E-state index is 13.5. The van der Waals surface area contributed by atoms with Crippen LogP contribution in [0.1, 0.15) is 15.9 Å². The second-order valence-electron chi connectivity index (χ2n) is 4.12. The normalized spacial score (nSPS) is 10.3. The van der Waals surface area contributed by atoms with Crippen molar-refractivity contribution in [1.82, 2.24) is 0 Å². The molecule has 0 aromatic heterocycles. The average Bonchev–Trinajstić information content (AvgIpc) is 2.36. The Labute approximate surface area is 115 Å². The van der Waals surface area contributed by atoms with Crippen molar-refractivity contribution in [3.05, 3.63) is 58.4 Å². The van der Waals surface area contributed by atoms with E-state index in [-0.39, 0.29) is 5.56 Å². The molecule has 0 unspecified atom stereocenters. The van der Waals surface area contributed by atoms with E-state index >= 15 is 0 Å². The quantitative estimate of drug-likeness (QED) is 0.824. The maximum atomic E-state index is 13.5. The largest absolute Gasteiger partial charge is 0.398 e. The molecule has 0 saturated heterocycles. The van der Waals surface area contributed by atoms with Gasteiger partial charge in [0.1, 0.15) is 5.82 Å². The second-order valence-corrected chi connectivity index (χ2v) is 4.53. The number of nitrogen functional groups attached to an aromatic ring is 1. The van der Waals surface area contributed by atoms with Crippen LogP contribution < -0.4 is 11.1 Å². The van der Waals surface area contributed by atoms with Crippen LogP contribution in [0.4, 0.5) is 15.8 Å². The van der Waals surface area contributed by atoms with E-state index in [1.807, 2.05) is 0 Å². The summed E-state index contributed by atoms with van der Waals surface area (Å²) in [7, 11) is 0. The van der Waals surface area contributed by atoms with E-state index in [9.17, 15) is 9.18 Å². The SMILES string of the molecule is Cc1cc(N)c(Cl)cc1NC(=O)c1ccccc1F. The van der Waals surface area contributed by atoms with E-state index < -0.39 is 11.7 Å². The summed E-state index contributed by atoms with van der Waals surface area (Å²) in [6.07, 6.45) is 0. The monoisotopic (exact) mass is 278 g/mol. The predicted octanol–water partition coefficient (Wildman–Crippen LogP) is 3.62. The van der Waals surface area contributed by atoms with Crippen molar-refractivity contribution in [2.45, 2.75) is 6.92 Å². The van der Waals surface area contributed by atoms with Gasteiger partial charge in [-0.3, -0.25) is 4.79 Å². The number of anilines is 2. The zero-order chi connectivity index (χ0) is 14.0. The first-order valence-corrected chi connectivity index (χ1v) is 5.98. The Morgan fingerprint density at radius 3 is 2.68 bits per heavy atom. The number of carbonyl (C=O) groups excluding carboxylic acids is 1. The molecule has 98 valence electrons. The Bertz CT molecular complexity index is 643. The first kappa shape index (κ1) is 13.4. The molecule has 0 aliphatic heterocycles. The van der Waals surface area contributed by atoms with E-state index in [2.05, 4.69) is 5.32 Å². The van der Waals surface area contributed by atoms with Gasteiger partial charge in [-0.25, -0.2) is 4.39 Å². The smallest absolute Gasteiger partial charge is 0.258 e. The lowest BCUT2D eigenvalue weighted by atomic mass is 10.1. The highest BCUT2D eigenvalue weighted by Crippen LogP contribution is 2.27. The zero-order valence-corrected chi connectivity index (χ0v) is 11.0. The Morgan fingerprint density at radius 2 is 2.00 bits per heavy atom. The van der Waals surface area contributed by atoms with Crippen molar-refractivity contribution in [2.75, 3.05) is 11.1 Å². The fourth-order valence-corrected chi connectivity index (χ4v) is 1.84. The minimum atomic E-state index is -0.570. The molecular formula is C14H12ClFN2O. The van der Waals surface area contributed by atoms with E-state index in [0.29, 0.717) is 16.4 Å². The lowest BCUT2D eigenvalue weighted by molar-refractivity contribution is 0.102. The van der Waals surface area contributed by atoms with Crippen molar-refractivity contribution >= 4 is 28.9 Å². The van der Waals surface area contributed by atoms with E-state index in [1.165, 1.54) is 18.2 Å². The van der Waals surface area contributed by atoms with Crippen LogP contribution in [-0.2, 0) is 0 Å². The van der Waals surface area contributed by atoms with E-state index in [1.54, 1.807) is 25.1 Å². The highest BCUT2D eigenvalue weighted by molar-refractivity contribution is 6.33. The lowest BCUT2D eigenvalue weighted by Crippen LogP contribution is -2.14. The number of halogens is 2. The number of hydrogen-bond donors (Lipinski definition) is 2. The predicted molar refractivity (Wildman–Crippen MR) is 75.0 cm³/mol. The number of amides is 1. The summed E-state index contributed by atoms with van der Waals surface area (Å²) in [4.78, 5) is 12.0. The van der Waals surface area contributed by atoms with Crippen molar-refractivity contribution in [2.24, 2.45) is 0 Å². The molecule has 0 radical (unpaired) electrons. The third kappa shape index (κ3) is 2.85. The van der Waals surface area contributed by atoms with Gasteiger partial charge in [0.15, 0.2) is 0 Å². The molecule has 3 N–H and O–H groups in total. The summed E-state index contributed by atoms with van der Waals surface area (Å²) in [6, 6.07) is 8.97. The third-order valence-corrected chi connectivity index (χ3v) is 3.04. The average molecular weight is 279 g/mol. The van der Waals surface area contributed by atoms with Gasteiger partial charge in [-0.1, -0.05) is 23.7 Å². The molecule has 0 fully saturated rings. The number of hydrogen-bond acceptors (Lipinski definition) is 2. The number of nitrogens with two attached hydrogens (primary N) is 1. The summed E-state index contributed by atoms with van der Waals surface area (Å²) in [6.45, 7) is 1.78. The fourth-order valence-electron chi connectivity index (χ4n) is 1.67. The highest BCUT2D eigenvalue weighted by atomic mass is 35.5. The van der Waals surface area contributed by atoms with Crippen LogP contribution >= 0.6 is 11.6 Å². The Kier molecular flexibility index (Phi) is 3.71. The Balaban J connectivity index is 2.30. The van der Waals surface area contributed by atoms with Crippen molar-refractivity contribution in [3.63, 3.8) is 0 Å². The third-order valence-electron chi connectivity index (χ3n) is 2.71. The number of benzene rings is 2. The standard InChI is InChI=1S/C14H12ClFN2O/c1-8-6-12(17)10(15)7-13(8)18-14(19)9-4-2-3-5-11(9)16/h2-7H,17H2,1H3,(H,18,19). The van der Waals surface area contributed by atoms with Gasteiger partial charge < -0.3 is 11.1 Å². The number of carbonyl (C=O) groups is 1. The first-order chi connectivity index (χ1) is 8.99. The molecule has 0 spiro atoms. The van der Waals surface area contributed by atoms with Gasteiger partial charge in [-0.2, -0.15) is 0 Å². The van der Waals surface area contributed by atoms with Crippen LogP contribution in [0.5, 0.6) is 0 Å². The molecule has 0 bridgehead atoms. The minimum absolute atomic E-state index is 0.0187. The van der Waals surface area contributed by atoms with Crippen molar-refractivity contribution in [1.29, 1.82) is 0 Å². The van der Waals surface area contributed by atoms with Crippen molar-refractivity contribution < 1.29 is 9.18 Å². The summed E-state index contributed by atoms with van der Waals surface area (Å²) in [5.41, 5.74) is 7.33. The summed E-state index contributed by atoms with van der Waals surface area (Å²) in [5, 5.41) is 2.96. The lowest BCUT2D eigenvalue weighted by Gasteiger charge is -2.10. The molecule has 2 aromatic rings. The van der Waals surface area contributed by atoms with Crippen LogP contribution in [0.25, 0.3) is 0 Å². The molecule has 0 heterocycles. The van der Waals surface area contributed by atoms with Crippen LogP contribution in [0.3, 0.4) is 0 Å². The van der Waals surface area contributed by atoms with E-state index in [4.69, 9.17) is 17.3 Å². The molecule has 5 heteroatoms. The summed E-state index contributed by atoms with van der Waals surface area (Å²) in [5.74, 6) is -1.10. The van der Waals surface area contributed by atoms with Gasteiger partial charge >= 0.3 is 0 Å². The van der Waals surface area contributed by atoms with Crippen molar-refractivity contribution in [3.8, 4) is 0 Å². The first-order valence-electron chi connectivity index (χ1n) is 5.60. The number of aryl methyl sites for hydroxylation is 1. The number of nitrogens with one attached hydrogen (secondary N) is 1. The van der Waals surface area contributed by atoms with Gasteiger partial charge in [-0.15, -0.1) is 0 Å². The summed E-state index contributed by atoms with van der Waals surface area (Å²) >= 11 is 5.90. The van der Waals surface area contributed by atoms with Gasteiger partial charge in [0.05, 0.1) is 16.3 Å². The molecular weight excluding hydrogens is 267 g/mol. The maximum Gasteiger partial charge on any atom is 0.258 e. The van der Waals surface area contributed by atoms with Gasteiger partial charge in [0, 0.05) is 5.69 Å². The molecule has 2 aromatic carbocycles. The van der Waals surface area contributed by atoms with Crippen LogP contribution in [0, 0.1) is 12.7 Å². The van der Waals surface area contributed by atoms with Crippen LogP contribution in [0.15, 0.2) is 36.4 Å². The molecule has 0 atom stereocenters. The van der Waals surface area contributed by atoms with Crippen LogP contribution in [0.2, 0.25) is 5.02 Å². The van der Waals surface area contributed by atoms with Gasteiger partial charge in [-0.05, 0) is 36.8 Å². The Morgan fingerprint density at radius 1 is 1.32 bits per heavy atom. The molecule has 1 amide bonds. The number of rotatable bonds is 2. The summed E-state index contributed by atoms with van der Waals surface area (Å²) < 4.78 is 13.5. The molecule has 3 nitrogen and oxygen atoms in total. The highest BCUT2D eigenvalue weighted by Gasteiger charge is 2.12. The van der Waals surface area contributed by atoms with Crippen LogP contribution in [-0.4, -0.2) is 5.91 Å². The second kappa shape index (κ2) is 5.28. The zero-order valence-electron chi connectivity index (χ0n) is 10.2. The molecule has 0 aliphatic carbocycles. The van der Waals surface area contributed by atoms with Gasteiger partial charge in [0.25, 0.3) is 5.91 Å². The fraction of sp³-hybridized carbons (Fsp3) is 0.0714. The van der Waals surface area contributed by atoms with E-state index in [0.717, 1.165) is 5.56 Å². The Hall–Kier alpha value is -2.07.